The number of aromatic nitrogens is 3. The van der Waals surface area contributed by atoms with E-state index < -0.39 is 0 Å². The molecule has 2 heterocycles. The van der Waals surface area contributed by atoms with Gasteiger partial charge in [-0.3, -0.25) is 4.68 Å². The molecule has 0 saturated heterocycles. The Balaban J connectivity index is 1.89. The molecule has 108 valence electrons. The molecule has 4 heteroatoms. The van der Waals surface area contributed by atoms with Crippen molar-refractivity contribution in [2.75, 3.05) is 5.32 Å². The first-order chi connectivity index (χ1) is 10.2. The smallest absolute Gasteiger partial charge is 0.134 e. The van der Waals surface area contributed by atoms with Gasteiger partial charge in [-0.05, 0) is 32.2 Å². The van der Waals surface area contributed by atoms with Crippen LogP contribution in [-0.4, -0.2) is 14.8 Å². The molecular formula is C17H20N4. The molecule has 0 saturated carbocycles. The van der Waals surface area contributed by atoms with Crippen LogP contribution in [0.1, 0.15) is 23.9 Å². The molecule has 0 amide bonds. The number of hydrogen-bond acceptors (Lipinski definition) is 3. The summed E-state index contributed by atoms with van der Waals surface area (Å²) < 4.78 is 2.04. The van der Waals surface area contributed by atoms with Crippen molar-refractivity contribution < 1.29 is 0 Å². The zero-order valence-corrected chi connectivity index (χ0v) is 12.7. The number of pyridine rings is 1. The molecule has 1 aromatic carbocycles. The number of hydrogen-bond donors (Lipinski definition) is 1. The third kappa shape index (κ3) is 2.49. The largest absolute Gasteiger partial charge is 0.365 e. The van der Waals surface area contributed by atoms with Gasteiger partial charge in [-0.1, -0.05) is 24.3 Å². The maximum atomic E-state index is 4.56. The maximum Gasteiger partial charge on any atom is 0.134 e. The summed E-state index contributed by atoms with van der Waals surface area (Å²) in [4.78, 5) is 4.47. The molecule has 4 nitrogen and oxygen atoms in total. The number of anilines is 1. The first kappa shape index (κ1) is 13.6. The Kier molecular flexibility index (Phi) is 3.60. The van der Waals surface area contributed by atoms with Gasteiger partial charge in [-0.15, -0.1) is 0 Å². The first-order valence-electron chi connectivity index (χ1n) is 7.31. The van der Waals surface area contributed by atoms with Gasteiger partial charge in [0.05, 0.1) is 5.69 Å². The van der Waals surface area contributed by atoms with Gasteiger partial charge in [0.15, 0.2) is 0 Å². The summed E-state index contributed by atoms with van der Waals surface area (Å²) in [6, 6.07) is 10.3. The van der Waals surface area contributed by atoms with Crippen LogP contribution < -0.4 is 5.32 Å². The zero-order valence-electron chi connectivity index (χ0n) is 12.7. The minimum atomic E-state index is 0.749. The summed E-state index contributed by atoms with van der Waals surface area (Å²) >= 11 is 0. The van der Waals surface area contributed by atoms with Crippen LogP contribution in [0.25, 0.3) is 10.8 Å². The number of benzene rings is 1. The maximum absolute atomic E-state index is 4.56. The van der Waals surface area contributed by atoms with E-state index in [1.54, 1.807) is 0 Å². The van der Waals surface area contributed by atoms with Crippen LogP contribution in [0.2, 0.25) is 0 Å². The molecule has 0 bridgehead atoms. The van der Waals surface area contributed by atoms with Crippen molar-refractivity contribution >= 4 is 16.6 Å². The number of nitrogens with zero attached hydrogens (tertiary/aromatic N) is 3. The summed E-state index contributed by atoms with van der Waals surface area (Å²) in [6.07, 6.45) is 1.85. The summed E-state index contributed by atoms with van der Waals surface area (Å²) in [5, 5.41) is 10.4. The monoisotopic (exact) mass is 280 g/mol. The van der Waals surface area contributed by atoms with Crippen LogP contribution in [0.15, 0.2) is 36.5 Å². The molecule has 0 aliphatic rings. The molecule has 0 atom stereocenters. The highest BCUT2D eigenvalue weighted by Crippen LogP contribution is 2.22. The molecule has 0 aliphatic heterocycles. The first-order valence-corrected chi connectivity index (χ1v) is 7.31. The normalized spacial score (nSPS) is 11.0. The highest BCUT2D eigenvalue weighted by molar-refractivity contribution is 5.91. The third-order valence-corrected chi connectivity index (χ3v) is 3.94. The SMILES string of the molecule is CCn1nc(C)c(CNc2nccc3ccccc23)c1C. The van der Waals surface area contributed by atoms with Crippen molar-refractivity contribution in [2.24, 2.45) is 0 Å². The number of aryl methyl sites for hydroxylation is 2. The van der Waals surface area contributed by atoms with Crippen molar-refractivity contribution in [2.45, 2.75) is 33.9 Å². The van der Waals surface area contributed by atoms with Crippen LogP contribution in [-0.2, 0) is 13.1 Å². The van der Waals surface area contributed by atoms with Crippen molar-refractivity contribution in [1.82, 2.24) is 14.8 Å². The molecule has 21 heavy (non-hydrogen) atoms. The van der Waals surface area contributed by atoms with Gasteiger partial charge in [0.25, 0.3) is 0 Å². The molecule has 0 fully saturated rings. The van der Waals surface area contributed by atoms with E-state index >= 15 is 0 Å². The quantitative estimate of drug-likeness (QED) is 0.792. The van der Waals surface area contributed by atoms with Crippen molar-refractivity contribution in [1.29, 1.82) is 0 Å². The van der Waals surface area contributed by atoms with Gasteiger partial charge in [-0.25, -0.2) is 4.98 Å². The highest BCUT2D eigenvalue weighted by Gasteiger charge is 2.11. The highest BCUT2D eigenvalue weighted by atomic mass is 15.3. The van der Waals surface area contributed by atoms with Gasteiger partial charge in [0, 0.05) is 35.9 Å². The molecule has 0 aliphatic carbocycles. The van der Waals surface area contributed by atoms with Gasteiger partial charge in [-0.2, -0.15) is 5.10 Å². The lowest BCUT2D eigenvalue weighted by Crippen LogP contribution is -2.05. The van der Waals surface area contributed by atoms with Crippen LogP contribution in [0.4, 0.5) is 5.82 Å². The van der Waals surface area contributed by atoms with E-state index in [1.165, 1.54) is 16.6 Å². The van der Waals surface area contributed by atoms with E-state index in [2.05, 4.69) is 48.3 Å². The average molecular weight is 280 g/mol. The number of nitrogens with one attached hydrogen (secondary N) is 1. The standard InChI is InChI=1S/C17H20N4/c1-4-21-13(3)16(12(2)20-21)11-19-17-15-8-6-5-7-14(15)9-10-18-17/h5-10H,4,11H2,1-3H3,(H,18,19). The molecule has 0 unspecified atom stereocenters. The summed E-state index contributed by atoms with van der Waals surface area (Å²) in [5.74, 6) is 0.927. The van der Waals surface area contributed by atoms with E-state index in [-0.39, 0.29) is 0 Å². The third-order valence-electron chi connectivity index (χ3n) is 3.94. The van der Waals surface area contributed by atoms with Gasteiger partial charge in [0.1, 0.15) is 5.82 Å². The van der Waals surface area contributed by atoms with Crippen LogP contribution in [0.5, 0.6) is 0 Å². The predicted molar refractivity (Wildman–Crippen MR) is 86.4 cm³/mol. The zero-order chi connectivity index (χ0) is 14.8. The molecular weight excluding hydrogens is 260 g/mol. The lowest BCUT2D eigenvalue weighted by Gasteiger charge is -2.09. The summed E-state index contributed by atoms with van der Waals surface area (Å²) in [6.45, 7) is 7.95. The predicted octanol–water partition coefficient (Wildman–Crippen LogP) is 3.68. The Bertz CT molecular complexity index is 768. The molecule has 3 aromatic rings. The number of fused-ring (bicyclic) bond motifs is 1. The summed E-state index contributed by atoms with van der Waals surface area (Å²) in [5.41, 5.74) is 3.57. The van der Waals surface area contributed by atoms with Crippen LogP contribution >= 0.6 is 0 Å². The molecule has 3 rings (SSSR count). The van der Waals surface area contributed by atoms with Crippen LogP contribution in [0, 0.1) is 13.8 Å². The Morgan fingerprint density at radius 2 is 1.95 bits per heavy atom. The van der Waals surface area contributed by atoms with Gasteiger partial charge < -0.3 is 5.32 Å². The Hall–Kier alpha value is -2.36. The Morgan fingerprint density at radius 1 is 1.14 bits per heavy atom. The fraction of sp³-hybridized carbons (Fsp3) is 0.294. The second kappa shape index (κ2) is 5.56. The van der Waals surface area contributed by atoms with E-state index in [0.717, 1.165) is 30.0 Å². The van der Waals surface area contributed by atoms with Crippen molar-refractivity contribution in [3.63, 3.8) is 0 Å². The second-order valence-electron chi connectivity index (χ2n) is 5.20. The topological polar surface area (TPSA) is 42.7 Å². The van der Waals surface area contributed by atoms with Crippen LogP contribution in [0.3, 0.4) is 0 Å². The lowest BCUT2D eigenvalue weighted by atomic mass is 10.1. The lowest BCUT2D eigenvalue weighted by molar-refractivity contribution is 0.633. The minimum Gasteiger partial charge on any atom is -0.365 e. The Labute approximate surface area is 124 Å². The molecule has 1 N–H and O–H groups in total. The van der Waals surface area contributed by atoms with Gasteiger partial charge >= 0.3 is 0 Å². The van der Waals surface area contributed by atoms with E-state index in [4.69, 9.17) is 0 Å². The van der Waals surface area contributed by atoms with Crippen molar-refractivity contribution in [3.8, 4) is 0 Å². The van der Waals surface area contributed by atoms with E-state index in [0.29, 0.717) is 0 Å². The van der Waals surface area contributed by atoms with Gasteiger partial charge in [0.2, 0.25) is 0 Å². The number of rotatable bonds is 4. The van der Waals surface area contributed by atoms with Crippen molar-refractivity contribution in [3.05, 3.63) is 53.5 Å². The fourth-order valence-electron chi connectivity index (χ4n) is 2.73. The second-order valence-corrected chi connectivity index (χ2v) is 5.20. The fourth-order valence-corrected chi connectivity index (χ4v) is 2.73. The molecule has 0 radical (unpaired) electrons. The molecule has 2 aromatic heterocycles. The summed E-state index contributed by atoms with van der Waals surface area (Å²) in [7, 11) is 0. The molecule has 0 spiro atoms. The average Bonchev–Trinajstić information content (AvgIpc) is 2.79. The van der Waals surface area contributed by atoms with E-state index in [1.807, 2.05) is 29.1 Å². The van der Waals surface area contributed by atoms with E-state index in [9.17, 15) is 0 Å². The Morgan fingerprint density at radius 3 is 2.71 bits per heavy atom. The minimum absolute atomic E-state index is 0.749.